The van der Waals surface area contributed by atoms with Crippen LogP contribution in [0.1, 0.15) is 47.0 Å². The lowest BCUT2D eigenvalue weighted by Gasteiger charge is -2.35. The number of carbonyl (C=O) groups excluding carboxylic acids is 2. The maximum Gasteiger partial charge on any atom is 0.222 e. The SMILES string of the molecule is CC(C)CCC(=O)N1CCC(C)(C)C(=O)C1. The normalized spacial score (nSPS) is 20.3. The predicted molar refractivity (Wildman–Crippen MR) is 64.1 cm³/mol. The van der Waals surface area contributed by atoms with Crippen LogP contribution in [0.3, 0.4) is 0 Å². The van der Waals surface area contributed by atoms with E-state index in [9.17, 15) is 9.59 Å². The zero-order valence-corrected chi connectivity index (χ0v) is 10.9. The molecule has 1 rings (SSSR count). The van der Waals surface area contributed by atoms with Crippen LogP contribution in [0, 0.1) is 11.3 Å². The first-order valence-corrected chi connectivity index (χ1v) is 6.14. The van der Waals surface area contributed by atoms with Crippen molar-refractivity contribution in [3.8, 4) is 0 Å². The third-order valence-corrected chi connectivity index (χ3v) is 3.38. The van der Waals surface area contributed by atoms with Gasteiger partial charge in [-0.15, -0.1) is 0 Å². The van der Waals surface area contributed by atoms with Crippen LogP contribution in [0.15, 0.2) is 0 Å². The molecule has 0 N–H and O–H groups in total. The van der Waals surface area contributed by atoms with Gasteiger partial charge < -0.3 is 4.90 Å². The summed E-state index contributed by atoms with van der Waals surface area (Å²) in [6.07, 6.45) is 2.28. The zero-order valence-electron chi connectivity index (χ0n) is 10.9. The second-order valence-corrected chi connectivity index (χ2v) is 5.80. The number of nitrogens with zero attached hydrogens (tertiary/aromatic N) is 1. The smallest absolute Gasteiger partial charge is 0.222 e. The van der Waals surface area contributed by atoms with E-state index >= 15 is 0 Å². The third kappa shape index (κ3) is 3.32. The molecule has 1 aliphatic rings. The van der Waals surface area contributed by atoms with Crippen molar-refractivity contribution >= 4 is 11.7 Å². The van der Waals surface area contributed by atoms with Crippen LogP contribution in [-0.2, 0) is 9.59 Å². The van der Waals surface area contributed by atoms with Crippen molar-refractivity contribution in [3.63, 3.8) is 0 Å². The Morgan fingerprint density at radius 3 is 2.56 bits per heavy atom. The van der Waals surface area contributed by atoms with Gasteiger partial charge in [0.15, 0.2) is 5.78 Å². The first-order chi connectivity index (χ1) is 7.33. The molecule has 0 saturated carbocycles. The first-order valence-electron chi connectivity index (χ1n) is 6.14. The van der Waals surface area contributed by atoms with Gasteiger partial charge in [0.25, 0.3) is 0 Å². The molecule has 1 fully saturated rings. The Balaban J connectivity index is 2.46. The molecular weight excluding hydrogens is 202 g/mol. The van der Waals surface area contributed by atoms with Gasteiger partial charge in [0.2, 0.25) is 5.91 Å². The quantitative estimate of drug-likeness (QED) is 0.738. The van der Waals surface area contributed by atoms with Crippen LogP contribution in [0.25, 0.3) is 0 Å². The fraction of sp³-hybridized carbons (Fsp3) is 0.846. The highest BCUT2D eigenvalue weighted by molar-refractivity contribution is 5.90. The van der Waals surface area contributed by atoms with Crippen LogP contribution in [0.4, 0.5) is 0 Å². The summed E-state index contributed by atoms with van der Waals surface area (Å²) >= 11 is 0. The number of Topliss-reactive ketones (excluding diaryl/α,β-unsaturated/α-hetero) is 1. The fourth-order valence-electron chi connectivity index (χ4n) is 1.80. The number of hydrogen-bond acceptors (Lipinski definition) is 2. The van der Waals surface area contributed by atoms with Gasteiger partial charge in [0.05, 0.1) is 6.54 Å². The average Bonchev–Trinajstić information content (AvgIpc) is 2.18. The Hall–Kier alpha value is -0.860. The van der Waals surface area contributed by atoms with Crippen molar-refractivity contribution < 1.29 is 9.59 Å². The number of carbonyl (C=O) groups is 2. The largest absolute Gasteiger partial charge is 0.335 e. The molecule has 0 aromatic carbocycles. The molecule has 1 amide bonds. The predicted octanol–water partition coefficient (Wildman–Crippen LogP) is 2.25. The molecule has 92 valence electrons. The number of likely N-dealkylation sites (tertiary alicyclic amines) is 1. The summed E-state index contributed by atoms with van der Waals surface area (Å²) in [4.78, 5) is 25.3. The van der Waals surface area contributed by atoms with E-state index in [0.29, 0.717) is 18.9 Å². The minimum Gasteiger partial charge on any atom is -0.335 e. The maximum absolute atomic E-state index is 11.8. The molecule has 0 bridgehead atoms. The van der Waals surface area contributed by atoms with Crippen molar-refractivity contribution in [3.05, 3.63) is 0 Å². The van der Waals surface area contributed by atoms with Crippen LogP contribution in [0.2, 0.25) is 0 Å². The number of amides is 1. The van der Waals surface area contributed by atoms with Gasteiger partial charge in [-0.2, -0.15) is 0 Å². The molecule has 1 heterocycles. The van der Waals surface area contributed by atoms with Crippen LogP contribution in [0.5, 0.6) is 0 Å². The Morgan fingerprint density at radius 2 is 2.06 bits per heavy atom. The van der Waals surface area contributed by atoms with E-state index in [2.05, 4.69) is 13.8 Å². The van der Waals surface area contributed by atoms with E-state index < -0.39 is 0 Å². The molecule has 16 heavy (non-hydrogen) atoms. The molecule has 0 aliphatic carbocycles. The lowest BCUT2D eigenvalue weighted by molar-refractivity contribution is -0.142. The summed E-state index contributed by atoms with van der Waals surface area (Å²) in [5.41, 5.74) is -0.241. The lowest BCUT2D eigenvalue weighted by Crippen LogP contribution is -2.47. The zero-order chi connectivity index (χ0) is 12.3. The van der Waals surface area contributed by atoms with Gasteiger partial charge in [-0.25, -0.2) is 0 Å². The van der Waals surface area contributed by atoms with Gasteiger partial charge in [-0.1, -0.05) is 27.7 Å². The Labute approximate surface area is 98.2 Å². The molecule has 0 aromatic rings. The van der Waals surface area contributed by atoms with Crippen molar-refractivity contribution in [1.82, 2.24) is 4.90 Å². The first kappa shape index (κ1) is 13.2. The fourth-order valence-corrected chi connectivity index (χ4v) is 1.80. The average molecular weight is 225 g/mol. The van der Waals surface area contributed by atoms with E-state index in [1.165, 1.54) is 0 Å². The summed E-state index contributed by atoms with van der Waals surface area (Å²) < 4.78 is 0. The number of hydrogen-bond donors (Lipinski definition) is 0. The van der Waals surface area contributed by atoms with E-state index in [0.717, 1.165) is 19.4 Å². The molecular formula is C13H23NO2. The minimum absolute atomic E-state index is 0.137. The number of piperidine rings is 1. The van der Waals surface area contributed by atoms with Crippen LogP contribution in [-0.4, -0.2) is 29.7 Å². The molecule has 0 radical (unpaired) electrons. The molecule has 0 atom stereocenters. The summed E-state index contributed by atoms with van der Waals surface area (Å²) in [6, 6.07) is 0. The maximum atomic E-state index is 11.8. The van der Waals surface area contributed by atoms with E-state index in [-0.39, 0.29) is 17.1 Å². The molecule has 0 unspecified atom stereocenters. The molecule has 0 aromatic heterocycles. The van der Waals surface area contributed by atoms with Crippen molar-refractivity contribution in [1.29, 1.82) is 0 Å². The summed E-state index contributed by atoms with van der Waals surface area (Å²) in [5, 5.41) is 0. The molecule has 1 aliphatic heterocycles. The third-order valence-electron chi connectivity index (χ3n) is 3.38. The van der Waals surface area contributed by atoms with Crippen LogP contribution >= 0.6 is 0 Å². The molecule has 1 saturated heterocycles. The molecule has 3 heteroatoms. The van der Waals surface area contributed by atoms with Gasteiger partial charge in [0, 0.05) is 18.4 Å². The van der Waals surface area contributed by atoms with Crippen molar-refractivity contribution in [2.75, 3.05) is 13.1 Å². The number of ketones is 1. The van der Waals surface area contributed by atoms with E-state index in [1.807, 2.05) is 13.8 Å². The Morgan fingerprint density at radius 1 is 1.44 bits per heavy atom. The summed E-state index contributed by atoms with van der Waals surface area (Å²) in [5.74, 6) is 0.870. The highest BCUT2D eigenvalue weighted by atomic mass is 16.2. The molecule has 3 nitrogen and oxygen atoms in total. The Bertz CT molecular complexity index is 282. The van der Waals surface area contributed by atoms with E-state index in [4.69, 9.17) is 0 Å². The van der Waals surface area contributed by atoms with Gasteiger partial charge in [-0.05, 0) is 18.8 Å². The topological polar surface area (TPSA) is 37.4 Å². The van der Waals surface area contributed by atoms with E-state index in [1.54, 1.807) is 4.90 Å². The summed E-state index contributed by atoms with van der Waals surface area (Å²) in [7, 11) is 0. The second kappa shape index (κ2) is 4.98. The second-order valence-electron chi connectivity index (χ2n) is 5.80. The lowest BCUT2D eigenvalue weighted by atomic mass is 9.81. The van der Waals surface area contributed by atoms with Crippen molar-refractivity contribution in [2.24, 2.45) is 11.3 Å². The van der Waals surface area contributed by atoms with Crippen LogP contribution < -0.4 is 0 Å². The monoisotopic (exact) mass is 225 g/mol. The highest BCUT2D eigenvalue weighted by Crippen LogP contribution is 2.27. The Kier molecular flexibility index (Phi) is 4.11. The van der Waals surface area contributed by atoms with Crippen molar-refractivity contribution in [2.45, 2.75) is 47.0 Å². The number of rotatable bonds is 3. The van der Waals surface area contributed by atoms with Gasteiger partial charge in [0.1, 0.15) is 0 Å². The van der Waals surface area contributed by atoms with Gasteiger partial charge in [-0.3, -0.25) is 9.59 Å². The molecule has 0 spiro atoms. The van der Waals surface area contributed by atoms with Gasteiger partial charge >= 0.3 is 0 Å². The highest BCUT2D eigenvalue weighted by Gasteiger charge is 2.35. The standard InChI is InChI=1S/C13H23NO2/c1-10(2)5-6-12(16)14-8-7-13(3,4)11(15)9-14/h10H,5-9H2,1-4H3. The minimum atomic E-state index is -0.241. The summed E-state index contributed by atoms with van der Waals surface area (Å²) in [6.45, 7) is 9.19.